The highest BCUT2D eigenvalue weighted by Crippen LogP contribution is 2.50. The quantitative estimate of drug-likeness (QED) is 0.450. The molecule has 1 aromatic rings. The first-order valence-corrected chi connectivity index (χ1v) is 10.6. The van der Waals surface area contributed by atoms with E-state index in [4.69, 9.17) is 0 Å². The molecule has 0 spiro atoms. The van der Waals surface area contributed by atoms with E-state index in [-0.39, 0.29) is 0 Å². The third-order valence-corrected chi connectivity index (χ3v) is 6.68. The van der Waals surface area contributed by atoms with Gasteiger partial charge in [-0.3, -0.25) is 9.59 Å². The molecule has 4 nitrogen and oxygen atoms in total. The van der Waals surface area contributed by atoms with Gasteiger partial charge in [0.05, 0.1) is 10.8 Å². The van der Waals surface area contributed by atoms with Crippen molar-refractivity contribution >= 4 is 11.9 Å². The lowest BCUT2D eigenvalue weighted by Gasteiger charge is -2.19. The van der Waals surface area contributed by atoms with Gasteiger partial charge in [-0.2, -0.15) is 0 Å². The Labute approximate surface area is 169 Å². The number of carboxylic acid groups (broad SMARTS) is 2. The van der Waals surface area contributed by atoms with E-state index in [0.29, 0.717) is 6.42 Å². The minimum absolute atomic E-state index is 0.415. The van der Waals surface area contributed by atoms with Crippen LogP contribution in [0.1, 0.15) is 87.5 Å². The fraction of sp³-hybridized carbons (Fsp3) is 0.667. The van der Waals surface area contributed by atoms with E-state index in [2.05, 4.69) is 26.0 Å². The molecule has 2 N–H and O–H groups in total. The van der Waals surface area contributed by atoms with E-state index < -0.39 is 22.8 Å². The monoisotopic (exact) mass is 388 g/mol. The number of benzene rings is 1. The van der Waals surface area contributed by atoms with Crippen molar-refractivity contribution in [3.8, 4) is 0 Å². The maximum Gasteiger partial charge on any atom is 0.309 e. The smallest absolute Gasteiger partial charge is 0.309 e. The molecule has 0 unspecified atom stereocenters. The van der Waals surface area contributed by atoms with Crippen LogP contribution in [0.2, 0.25) is 0 Å². The molecule has 0 bridgehead atoms. The van der Waals surface area contributed by atoms with Crippen LogP contribution < -0.4 is 0 Å². The Morgan fingerprint density at radius 1 is 1.00 bits per heavy atom. The highest BCUT2D eigenvalue weighted by Gasteiger charge is 2.49. The van der Waals surface area contributed by atoms with Gasteiger partial charge < -0.3 is 10.2 Å². The summed E-state index contributed by atoms with van der Waals surface area (Å²) in [7, 11) is 0. The van der Waals surface area contributed by atoms with Crippen molar-refractivity contribution in [1.82, 2.24) is 0 Å². The number of hydrogen-bond donors (Lipinski definition) is 2. The number of unbranched alkanes of at least 4 members (excludes halogenated alkanes) is 2. The summed E-state index contributed by atoms with van der Waals surface area (Å²) in [6.07, 6.45) is 9.04. The van der Waals surface area contributed by atoms with Gasteiger partial charge in [-0.1, -0.05) is 25.0 Å². The molecular weight excluding hydrogens is 352 g/mol. The molecule has 0 aromatic heterocycles. The number of rotatable bonds is 12. The van der Waals surface area contributed by atoms with Gasteiger partial charge in [-0.25, -0.2) is 0 Å². The van der Waals surface area contributed by atoms with Crippen LogP contribution in [0.5, 0.6) is 0 Å². The molecule has 1 aromatic carbocycles. The third kappa shape index (κ3) is 5.59. The van der Waals surface area contributed by atoms with Gasteiger partial charge in [0.2, 0.25) is 0 Å². The van der Waals surface area contributed by atoms with Gasteiger partial charge in [-0.05, 0) is 101 Å². The molecule has 0 amide bonds. The van der Waals surface area contributed by atoms with E-state index in [1.165, 1.54) is 22.3 Å². The van der Waals surface area contributed by atoms with Crippen LogP contribution in [0.4, 0.5) is 0 Å². The molecule has 0 saturated heterocycles. The topological polar surface area (TPSA) is 74.6 Å². The molecule has 1 aliphatic carbocycles. The highest BCUT2D eigenvalue weighted by atomic mass is 16.4. The van der Waals surface area contributed by atoms with Gasteiger partial charge in [-0.15, -0.1) is 0 Å². The minimum Gasteiger partial charge on any atom is -0.481 e. The standard InChI is InChI=1S/C24H36O4/c1-17-11-12-19(9-5-7-13-23(3,4)21(25)26)20(18(17)2)10-6-8-14-24(15-16-24)22(27)28/h11-12H,5-10,13-16H2,1-4H3,(H,25,26)(H,27,28). The number of aryl methyl sites for hydroxylation is 2. The Kier molecular flexibility index (Phi) is 7.30. The van der Waals surface area contributed by atoms with Crippen molar-refractivity contribution in [3.63, 3.8) is 0 Å². The lowest BCUT2D eigenvalue weighted by molar-refractivity contribution is -0.147. The van der Waals surface area contributed by atoms with Crippen molar-refractivity contribution in [3.05, 3.63) is 34.4 Å². The van der Waals surface area contributed by atoms with E-state index in [1.54, 1.807) is 13.8 Å². The van der Waals surface area contributed by atoms with Gasteiger partial charge in [0.15, 0.2) is 0 Å². The average molecular weight is 389 g/mol. The zero-order chi connectivity index (χ0) is 20.9. The molecule has 2 rings (SSSR count). The molecule has 156 valence electrons. The predicted octanol–water partition coefficient (Wildman–Crippen LogP) is 5.70. The first-order chi connectivity index (χ1) is 13.1. The number of hydrogen-bond acceptors (Lipinski definition) is 2. The SMILES string of the molecule is Cc1ccc(CCCCC(C)(C)C(=O)O)c(CCCCC2(C(=O)O)CC2)c1C. The van der Waals surface area contributed by atoms with Crippen LogP contribution in [-0.2, 0) is 22.4 Å². The summed E-state index contributed by atoms with van der Waals surface area (Å²) in [4.78, 5) is 22.6. The maximum atomic E-state index is 11.3. The minimum atomic E-state index is -0.728. The maximum absolute atomic E-state index is 11.3. The fourth-order valence-corrected chi connectivity index (χ4v) is 3.99. The van der Waals surface area contributed by atoms with Crippen LogP contribution in [0.3, 0.4) is 0 Å². The predicted molar refractivity (Wildman–Crippen MR) is 112 cm³/mol. The van der Waals surface area contributed by atoms with Crippen LogP contribution in [0.25, 0.3) is 0 Å². The van der Waals surface area contributed by atoms with Crippen LogP contribution in [0, 0.1) is 24.7 Å². The molecule has 0 heterocycles. The van der Waals surface area contributed by atoms with E-state index in [0.717, 1.165) is 57.8 Å². The Morgan fingerprint density at radius 2 is 1.64 bits per heavy atom. The van der Waals surface area contributed by atoms with Gasteiger partial charge >= 0.3 is 11.9 Å². The highest BCUT2D eigenvalue weighted by molar-refractivity contribution is 5.77. The summed E-state index contributed by atoms with van der Waals surface area (Å²) in [5.41, 5.74) is 4.36. The van der Waals surface area contributed by atoms with Crippen molar-refractivity contribution < 1.29 is 19.8 Å². The zero-order valence-corrected chi connectivity index (χ0v) is 17.9. The molecule has 0 atom stereocenters. The summed E-state index contributed by atoms with van der Waals surface area (Å²) in [6.45, 7) is 7.91. The van der Waals surface area contributed by atoms with Crippen molar-refractivity contribution in [2.45, 2.75) is 91.9 Å². The second kappa shape index (κ2) is 9.11. The first kappa shape index (κ1) is 22.4. The zero-order valence-electron chi connectivity index (χ0n) is 17.9. The Balaban J connectivity index is 1.89. The molecule has 1 saturated carbocycles. The van der Waals surface area contributed by atoms with E-state index in [1.807, 2.05) is 0 Å². The average Bonchev–Trinajstić information content (AvgIpc) is 3.41. The largest absolute Gasteiger partial charge is 0.481 e. The van der Waals surface area contributed by atoms with Crippen LogP contribution in [0.15, 0.2) is 12.1 Å². The van der Waals surface area contributed by atoms with Gasteiger partial charge in [0.25, 0.3) is 0 Å². The van der Waals surface area contributed by atoms with Crippen LogP contribution >= 0.6 is 0 Å². The molecule has 1 fully saturated rings. The fourth-order valence-electron chi connectivity index (χ4n) is 3.99. The first-order valence-electron chi connectivity index (χ1n) is 10.6. The summed E-state index contributed by atoms with van der Waals surface area (Å²) in [6, 6.07) is 4.40. The third-order valence-electron chi connectivity index (χ3n) is 6.68. The van der Waals surface area contributed by atoms with E-state index in [9.17, 15) is 19.8 Å². The summed E-state index contributed by atoms with van der Waals surface area (Å²) < 4.78 is 0. The lowest BCUT2D eigenvalue weighted by atomic mass is 9.86. The summed E-state index contributed by atoms with van der Waals surface area (Å²) in [5.74, 6) is -1.35. The van der Waals surface area contributed by atoms with Crippen molar-refractivity contribution in [2.24, 2.45) is 10.8 Å². The summed E-state index contributed by atoms with van der Waals surface area (Å²) in [5, 5.41) is 18.6. The van der Waals surface area contributed by atoms with Gasteiger partial charge in [0.1, 0.15) is 0 Å². The molecule has 0 aliphatic heterocycles. The number of carbonyl (C=O) groups is 2. The molecule has 28 heavy (non-hydrogen) atoms. The molecule has 0 radical (unpaired) electrons. The Morgan fingerprint density at radius 3 is 2.21 bits per heavy atom. The number of aliphatic carboxylic acids is 2. The van der Waals surface area contributed by atoms with Crippen LogP contribution in [-0.4, -0.2) is 22.2 Å². The second-order valence-electron chi connectivity index (χ2n) is 9.33. The normalized spacial score (nSPS) is 15.4. The van der Waals surface area contributed by atoms with Crippen molar-refractivity contribution in [2.75, 3.05) is 0 Å². The summed E-state index contributed by atoms with van der Waals surface area (Å²) >= 11 is 0. The Bertz CT molecular complexity index is 714. The molecule has 4 heteroatoms. The second-order valence-corrected chi connectivity index (χ2v) is 9.33. The van der Waals surface area contributed by atoms with Gasteiger partial charge in [0, 0.05) is 0 Å². The molecule has 1 aliphatic rings. The van der Waals surface area contributed by atoms with E-state index >= 15 is 0 Å². The van der Waals surface area contributed by atoms with Crippen molar-refractivity contribution in [1.29, 1.82) is 0 Å². The molecular formula is C24H36O4. The number of carboxylic acids is 2. The lowest BCUT2D eigenvalue weighted by Crippen LogP contribution is -2.23. The Hall–Kier alpha value is -1.84.